The SMILES string of the molecule is CCNC(=O)CN(CC)c1cc(Cl)nc2ncnn12. The van der Waals surface area contributed by atoms with Crippen LogP contribution in [0.2, 0.25) is 5.15 Å². The van der Waals surface area contributed by atoms with Crippen LogP contribution in [0.25, 0.3) is 5.78 Å². The molecule has 0 saturated carbocycles. The maximum absolute atomic E-state index is 11.7. The van der Waals surface area contributed by atoms with Crippen molar-refractivity contribution < 1.29 is 4.79 Å². The Kier molecular flexibility index (Phi) is 4.16. The van der Waals surface area contributed by atoms with Crippen LogP contribution in [0.4, 0.5) is 5.82 Å². The van der Waals surface area contributed by atoms with Crippen LogP contribution in [0, 0.1) is 0 Å². The van der Waals surface area contributed by atoms with E-state index in [0.29, 0.717) is 29.8 Å². The summed E-state index contributed by atoms with van der Waals surface area (Å²) in [6.07, 6.45) is 1.40. The highest BCUT2D eigenvalue weighted by Gasteiger charge is 2.15. The smallest absolute Gasteiger partial charge is 0.255 e. The van der Waals surface area contributed by atoms with E-state index >= 15 is 0 Å². The zero-order valence-corrected chi connectivity index (χ0v) is 11.6. The summed E-state index contributed by atoms with van der Waals surface area (Å²) in [6, 6.07) is 1.67. The first-order valence-electron chi connectivity index (χ1n) is 6.03. The molecule has 0 aliphatic rings. The van der Waals surface area contributed by atoms with E-state index in [1.54, 1.807) is 10.6 Å². The molecule has 0 radical (unpaired) electrons. The zero-order valence-electron chi connectivity index (χ0n) is 10.8. The molecule has 0 aliphatic heterocycles. The second-order valence-corrected chi connectivity index (χ2v) is 4.26. The Labute approximate surface area is 115 Å². The van der Waals surface area contributed by atoms with E-state index in [0.717, 1.165) is 0 Å². The summed E-state index contributed by atoms with van der Waals surface area (Å²) < 4.78 is 1.56. The van der Waals surface area contributed by atoms with Crippen molar-refractivity contribution in [2.24, 2.45) is 0 Å². The normalized spacial score (nSPS) is 10.7. The molecule has 2 heterocycles. The van der Waals surface area contributed by atoms with Crippen LogP contribution in [0.15, 0.2) is 12.4 Å². The molecular formula is C11H15ClN6O. The van der Waals surface area contributed by atoms with Gasteiger partial charge in [0.15, 0.2) is 0 Å². The largest absolute Gasteiger partial charge is 0.355 e. The van der Waals surface area contributed by atoms with Gasteiger partial charge in [0, 0.05) is 19.2 Å². The predicted octanol–water partition coefficient (Wildman–Crippen LogP) is 0.740. The summed E-state index contributed by atoms with van der Waals surface area (Å²) in [5, 5.41) is 7.18. The average molecular weight is 283 g/mol. The van der Waals surface area contributed by atoms with Gasteiger partial charge in [-0.25, -0.2) is 0 Å². The summed E-state index contributed by atoms with van der Waals surface area (Å²) in [6.45, 7) is 5.32. The fourth-order valence-corrected chi connectivity index (χ4v) is 1.95. The molecule has 7 nitrogen and oxygen atoms in total. The topological polar surface area (TPSA) is 75.4 Å². The molecule has 102 valence electrons. The average Bonchev–Trinajstić information content (AvgIpc) is 2.83. The molecule has 0 atom stereocenters. The third kappa shape index (κ3) is 2.93. The van der Waals surface area contributed by atoms with Crippen LogP contribution < -0.4 is 10.2 Å². The summed E-state index contributed by atoms with van der Waals surface area (Å²) >= 11 is 5.96. The highest BCUT2D eigenvalue weighted by molar-refractivity contribution is 6.29. The van der Waals surface area contributed by atoms with Gasteiger partial charge < -0.3 is 10.2 Å². The van der Waals surface area contributed by atoms with Crippen molar-refractivity contribution in [3.63, 3.8) is 0 Å². The molecule has 1 amide bonds. The lowest BCUT2D eigenvalue weighted by molar-refractivity contribution is -0.119. The van der Waals surface area contributed by atoms with Gasteiger partial charge in [0.2, 0.25) is 5.91 Å². The number of nitrogens with zero attached hydrogens (tertiary/aromatic N) is 5. The molecule has 0 unspecified atom stereocenters. The summed E-state index contributed by atoms with van der Waals surface area (Å²) in [7, 11) is 0. The monoisotopic (exact) mass is 282 g/mol. The maximum Gasteiger partial charge on any atom is 0.255 e. The fraction of sp³-hybridized carbons (Fsp3) is 0.455. The quantitative estimate of drug-likeness (QED) is 0.819. The Hall–Kier alpha value is -1.89. The lowest BCUT2D eigenvalue weighted by atomic mass is 10.4. The van der Waals surface area contributed by atoms with Crippen LogP contribution in [0.5, 0.6) is 0 Å². The standard InChI is InChI=1S/C11H15ClN6O/c1-3-13-9(19)6-17(4-2)10-5-8(12)16-11-14-7-15-18(10)11/h5,7H,3-4,6H2,1-2H3,(H,13,19). The minimum atomic E-state index is -0.0504. The predicted molar refractivity (Wildman–Crippen MR) is 72.4 cm³/mol. The number of fused-ring (bicyclic) bond motifs is 1. The number of aromatic nitrogens is 4. The van der Waals surface area contributed by atoms with Crippen molar-refractivity contribution in [2.75, 3.05) is 24.5 Å². The number of likely N-dealkylation sites (N-methyl/N-ethyl adjacent to an activating group) is 2. The number of carbonyl (C=O) groups excluding carboxylic acids is 1. The molecule has 0 aromatic carbocycles. The molecular weight excluding hydrogens is 268 g/mol. The van der Waals surface area contributed by atoms with Crippen molar-refractivity contribution >= 4 is 29.1 Å². The first kappa shape index (κ1) is 13.5. The van der Waals surface area contributed by atoms with Gasteiger partial charge in [-0.1, -0.05) is 11.6 Å². The van der Waals surface area contributed by atoms with Crippen LogP contribution in [-0.2, 0) is 4.79 Å². The first-order valence-corrected chi connectivity index (χ1v) is 6.41. The van der Waals surface area contributed by atoms with Gasteiger partial charge in [-0.15, -0.1) is 0 Å². The van der Waals surface area contributed by atoms with Crippen LogP contribution in [0.1, 0.15) is 13.8 Å². The van der Waals surface area contributed by atoms with Crippen molar-refractivity contribution in [2.45, 2.75) is 13.8 Å². The highest BCUT2D eigenvalue weighted by Crippen LogP contribution is 2.18. The van der Waals surface area contributed by atoms with Gasteiger partial charge in [-0.3, -0.25) is 4.79 Å². The molecule has 0 fully saturated rings. The number of hydrogen-bond donors (Lipinski definition) is 1. The molecule has 2 aromatic rings. The van der Waals surface area contributed by atoms with Gasteiger partial charge in [-0.05, 0) is 13.8 Å². The lowest BCUT2D eigenvalue weighted by Gasteiger charge is -2.22. The molecule has 0 aliphatic carbocycles. The number of anilines is 1. The van der Waals surface area contributed by atoms with Crippen molar-refractivity contribution in [3.8, 4) is 0 Å². The van der Waals surface area contributed by atoms with Gasteiger partial charge in [0.25, 0.3) is 5.78 Å². The van der Waals surface area contributed by atoms with E-state index < -0.39 is 0 Å². The number of carbonyl (C=O) groups is 1. The third-order valence-electron chi connectivity index (χ3n) is 2.62. The number of amides is 1. The Morgan fingerprint density at radius 1 is 1.53 bits per heavy atom. The molecule has 2 aromatic heterocycles. The van der Waals surface area contributed by atoms with E-state index in [9.17, 15) is 4.79 Å². The molecule has 1 N–H and O–H groups in total. The van der Waals surface area contributed by atoms with Crippen molar-refractivity contribution in [3.05, 3.63) is 17.5 Å². The van der Waals surface area contributed by atoms with Gasteiger partial charge >= 0.3 is 0 Å². The summed E-state index contributed by atoms with van der Waals surface area (Å²) in [5.74, 6) is 1.06. The van der Waals surface area contributed by atoms with E-state index in [4.69, 9.17) is 11.6 Å². The number of halogens is 1. The fourth-order valence-electron chi connectivity index (χ4n) is 1.78. The first-order chi connectivity index (χ1) is 9.15. The Balaban J connectivity index is 2.34. The maximum atomic E-state index is 11.7. The minimum absolute atomic E-state index is 0.0504. The van der Waals surface area contributed by atoms with E-state index in [-0.39, 0.29) is 12.5 Å². The zero-order chi connectivity index (χ0) is 13.8. The number of rotatable bonds is 5. The molecule has 0 bridgehead atoms. The molecule has 8 heteroatoms. The molecule has 2 rings (SSSR count). The minimum Gasteiger partial charge on any atom is -0.355 e. The second-order valence-electron chi connectivity index (χ2n) is 3.88. The van der Waals surface area contributed by atoms with Gasteiger partial charge in [0.05, 0.1) is 6.54 Å². The van der Waals surface area contributed by atoms with E-state index in [1.807, 2.05) is 18.7 Å². The summed E-state index contributed by atoms with van der Waals surface area (Å²) in [4.78, 5) is 21.6. The van der Waals surface area contributed by atoms with Crippen molar-refractivity contribution in [1.82, 2.24) is 24.9 Å². The second kappa shape index (κ2) is 5.83. The number of hydrogen-bond acceptors (Lipinski definition) is 5. The Morgan fingerprint density at radius 2 is 2.32 bits per heavy atom. The Morgan fingerprint density at radius 3 is 3.00 bits per heavy atom. The van der Waals surface area contributed by atoms with E-state index in [2.05, 4.69) is 20.4 Å². The molecule has 0 saturated heterocycles. The third-order valence-corrected chi connectivity index (χ3v) is 2.81. The van der Waals surface area contributed by atoms with Crippen LogP contribution in [-0.4, -0.2) is 45.1 Å². The molecule has 19 heavy (non-hydrogen) atoms. The van der Waals surface area contributed by atoms with Gasteiger partial charge in [-0.2, -0.15) is 19.6 Å². The van der Waals surface area contributed by atoms with Crippen molar-refractivity contribution in [1.29, 1.82) is 0 Å². The van der Waals surface area contributed by atoms with Crippen LogP contribution in [0.3, 0.4) is 0 Å². The van der Waals surface area contributed by atoms with Gasteiger partial charge in [0.1, 0.15) is 17.3 Å². The van der Waals surface area contributed by atoms with E-state index in [1.165, 1.54) is 6.33 Å². The van der Waals surface area contributed by atoms with Crippen LogP contribution >= 0.6 is 11.6 Å². The lowest BCUT2D eigenvalue weighted by Crippen LogP contribution is -2.38. The number of nitrogens with one attached hydrogen (secondary N) is 1. The molecule has 0 spiro atoms. The Bertz CT molecular complexity index is 584. The summed E-state index contributed by atoms with van der Waals surface area (Å²) in [5.41, 5.74) is 0. The highest BCUT2D eigenvalue weighted by atomic mass is 35.5.